The Morgan fingerprint density at radius 3 is 2.76 bits per heavy atom. The van der Waals surface area contributed by atoms with Gasteiger partial charge in [0, 0.05) is 32.2 Å². The molecule has 3 aliphatic rings. The van der Waals surface area contributed by atoms with Gasteiger partial charge in [-0.1, -0.05) is 0 Å². The molecule has 0 spiro atoms. The number of benzene rings is 1. The van der Waals surface area contributed by atoms with Gasteiger partial charge in [-0.25, -0.2) is 0 Å². The van der Waals surface area contributed by atoms with Crippen molar-refractivity contribution in [2.75, 3.05) is 40.1 Å². The van der Waals surface area contributed by atoms with Crippen LogP contribution >= 0.6 is 0 Å². The maximum absolute atomic E-state index is 5.59. The smallest absolute Gasteiger partial charge is 0.231 e. The normalized spacial score (nSPS) is 23.1. The second-order valence-corrected chi connectivity index (χ2v) is 6.03. The van der Waals surface area contributed by atoms with Crippen LogP contribution in [0.25, 0.3) is 0 Å². The average Bonchev–Trinajstić information content (AvgIpc) is 3.24. The van der Waals surface area contributed by atoms with E-state index in [4.69, 9.17) is 14.2 Å². The number of piperazine rings is 1. The van der Waals surface area contributed by atoms with E-state index in [0.717, 1.165) is 49.3 Å². The maximum Gasteiger partial charge on any atom is 0.231 e. The second kappa shape index (κ2) is 5.39. The molecule has 1 aliphatic carbocycles. The van der Waals surface area contributed by atoms with Crippen LogP contribution in [-0.4, -0.2) is 45.0 Å². The first-order valence-electron chi connectivity index (χ1n) is 7.79. The van der Waals surface area contributed by atoms with E-state index in [2.05, 4.69) is 22.3 Å². The monoisotopic (exact) mass is 290 g/mol. The fourth-order valence-electron chi connectivity index (χ4n) is 3.47. The van der Waals surface area contributed by atoms with Gasteiger partial charge >= 0.3 is 0 Å². The molecule has 1 atom stereocenters. The van der Waals surface area contributed by atoms with Gasteiger partial charge in [-0.2, -0.15) is 0 Å². The van der Waals surface area contributed by atoms with Crippen molar-refractivity contribution < 1.29 is 14.2 Å². The summed E-state index contributed by atoms with van der Waals surface area (Å²) in [5.41, 5.74) is 1.31. The molecular weight excluding hydrogens is 268 g/mol. The van der Waals surface area contributed by atoms with E-state index in [1.807, 2.05) is 0 Å². The Labute approximate surface area is 125 Å². The van der Waals surface area contributed by atoms with Crippen molar-refractivity contribution in [2.24, 2.45) is 5.92 Å². The number of fused-ring (bicyclic) bond motifs is 1. The number of ether oxygens (including phenoxy) is 3. The van der Waals surface area contributed by atoms with Crippen LogP contribution < -0.4 is 19.5 Å². The topological polar surface area (TPSA) is 43.0 Å². The highest BCUT2D eigenvalue weighted by Gasteiger charge is 2.38. The molecule has 5 heteroatoms. The predicted molar refractivity (Wildman–Crippen MR) is 79.0 cm³/mol. The maximum atomic E-state index is 5.59. The van der Waals surface area contributed by atoms with Crippen molar-refractivity contribution in [1.82, 2.24) is 10.2 Å². The summed E-state index contributed by atoms with van der Waals surface area (Å²) in [6, 6.07) is 4.77. The molecule has 2 aliphatic heterocycles. The van der Waals surface area contributed by atoms with E-state index in [0.29, 0.717) is 6.04 Å². The second-order valence-electron chi connectivity index (χ2n) is 6.03. The molecule has 21 heavy (non-hydrogen) atoms. The summed E-state index contributed by atoms with van der Waals surface area (Å²) in [5, 5.41) is 3.43. The molecule has 1 aromatic rings. The summed E-state index contributed by atoms with van der Waals surface area (Å²) in [7, 11) is 1.69. The fourth-order valence-corrected chi connectivity index (χ4v) is 3.47. The highest BCUT2D eigenvalue weighted by atomic mass is 16.7. The zero-order valence-electron chi connectivity index (χ0n) is 12.4. The van der Waals surface area contributed by atoms with Gasteiger partial charge < -0.3 is 19.5 Å². The molecule has 2 fully saturated rings. The Morgan fingerprint density at radius 1 is 1.24 bits per heavy atom. The quantitative estimate of drug-likeness (QED) is 0.915. The number of hydrogen-bond donors (Lipinski definition) is 1. The molecule has 4 rings (SSSR count). The van der Waals surface area contributed by atoms with Crippen LogP contribution in [0.2, 0.25) is 0 Å². The summed E-state index contributed by atoms with van der Waals surface area (Å²) >= 11 is 0. The summed E-state index contributed by atoms with van der Waals surface area (Å²) < 4.78 is 16.6. The molecule has 1 saturated carbocycles. The van der Waals surface area contributed by atoms with Gasteiger partial charge in [0.15, 0.2) is 11.5 Å². The number of nitrogens with one attached hydrogen (secondary N) is 1. The van der Waals surface area contributed by atoms with Gasteiger partial charge in [0.25, 0.3) is 0 Å². The largest absolute Gasteiger partial charge is 0.493 e. The van der Waals surface area contributed by atoms with Crippen LogP contribution in [0.5, 0.6) is 17.2 Å². The first-order valence-corrected chi connectivity index (χ1v) is 7.79. The summed E-state index contributed by atoms with van der Waals surface area (Å²) in [6.07, 6.45) is 2.65. The zero-order valence-corrected chi connectivity index (χ0v) is 12.4. The van der Waals surface area contributed by atoms with Crippen LogP contribution in [-0.2, 0) is 0 Å². The van der Waals surface area contributed by atoms with Crippen molar-refractivity contribution in [1.29, 1.82) is 0 Å². The molecular formula is C16H22N2O3. The fraction of sp³-hybridized carbons (Fsp3) is 0.625. The van der Waals surface area contributed by atoms with Crippen LogP contribution in [0.1, 0.15) is 24.4 Å². The highest BCUT2D eigenvalue weighted by molar-refractivity contribution is 5.55. The summed E-state index contributed by atoms with van der Waals surface area (Å²) in [4.78, 5) is 2.60. The summed E-state index contributed by atoms with van der Waals surface area (Å²) in [6.45, 7) is 4.66. The molecule has 114 valence electrons. The van der Waals surface area contributed by atoms with E-state index >= 15 is 0 Å². The third-order valence-corrected chi connectivity index (χ3v) is 4.64. The molecule has 5 nitrogen and oxygen atoms in total. The highest BCUT2D eigenvalue weighted by Crippen LogP contribution is 2.49. The predicted octanol–water partition coefficient (Wildman–Crippen LogP) is 1.78. The standard InChI is InChI=1S/C16H22N2O3/c1-19-13-8-12(9-14-16(13)21-10-20-14)15(11-2-3-11)18-6-4-17-5-7-18/h8-9,11,15,17H,2-7,10H2,1H3/t15-/m1/s1. The van der Waals surface area contributed by atoms with E-state index in [1.165, 1.54) is 18.4 Å². The van der Waals surface area contributed by atoms with Crippen molar-refractivity contribution in [3.05, 3.63) is 17.7 Å². The lowest BCUT2D eigenvalue weighted by atomic mass is 9.98. The Bertz CT molecular complexity index is 524. The first kappa shape index (κ1) is 13.2. The van der Waals surface area contributed by atoms with Crippen molar-refractivity contribution >= 4 is 0 Å². The van der Waals surface area contributed by atoms with Gasteiger partial charge in [0.1, 0.15) is 0 Å². The Balaban J connectivity index is 1.69. The van der Waals surface area contributed by atoms with Gasteiger partial charge in [-0.05, 0) is 36.5 Å². The lowest BCUT2D eigenvalue weighted by molar-refractivity contribution is 0.155. The molecule has 1 aromatic carbocycles. The van der Waals surface area contributed by atoms with E-state index in [1.54, 1.807) is 7.11 Å². The Hall–Kier alpha value is -1.46. The SMILES string of the molecule is COc1cc([C@@H](C2CC2)N2CCNCC2)cc2c1OCO2. The Morgan fingerprint density at radius 2 is 2.05 bits per heavy atom. The van der Waals surface area contributed by atoms with E-state index in [-0.39, 0.29) is 6.79 Å². The van der Waals surface area contributed by atoms with Gasteiger partial charge in [0.05, 0.1) is 7.11 Å². The van der Waals surface area contributed by atoms with Gasteiger partial charge in [-0.3, -0.25) is 4.90 Å². The molecule has 2 heterocycles. The van der Waals surface area contributed by atoms with Crippen LogP contribution in [0.4, 0.5) is 0 Å². The first-order chi connectivity index (χ1) is 10.4. The van der Waals surface area contributed by atoms with Crippen LogP contribution in [0.3, 0.4) is 0 Å². The zero-order chi connectivity index (χ0) is 14.2. The minimum atomic E-state index is 0.289. The third kappa shape index (κ3) is 2.45. The number of rotatable bonds is 4. The molecule has 1 N–H and O–H groups in total. The van der Waals surface area contributed by atoms with Crippen molar-refractivity contribution in [3.8, 4) is 17.2 Å². The molecule has 1 saturated heterocycles. The minimum Gasteiger partial charge on any atom is -0.493 e. The van der Waals surface area contributed by atoms with Crippen LogP contribution in [0, 0.1) is 5.92 Å². The molecule has 0 bridgehead atoms. The molecule has 0 unspecified atom stereocenters. The van der Waals surface area contributed by atoms with Gasteiger partial charge in [-0.15, -0.1) is 0 Å². The van der Waals surface area contributed by atoms with Gasteiger partial charge in [0.2, 0.25) is 12.5 Å². The lowest BCUT2D eigenvalue weighted by Gasteiger charge is -2.35. The molecule has 0 amide bonds. The molecule has 0 radical (unpaired) electrons. The van der Waals surface area contributed by atoms with E-state index in [9.17, 15) is 0 Å². The number of methoxy groups -OCH3 is 1. The summed E-state index contributed by atoms with van der Waals surface area (Å²) in [5.74, 6) is 3.13. The van der Waals surface area contributed by atoms with Crippen molar-refractivity contribution in [3.63, 3.8) is 0 Å². The minimum absolute atomic E-state index is 0.289. The number of hydrogen-bond acceptors (Lipinski definition) is 5. The van der Waals surface area contributed by atoms with Crippen LogP contribution in [0.15, 0.2) is 12.1 Å². The number of nitrogens with zero attached hydrogens (tertiary/aromatic N) is 1. The van der Waals surface area contributed by atoms with Crippen molar-refractivity contribution in [2.45, 2.75) is 18.9 Å². The van der Waals surface area contributed by atoms with E-state index < -0.39 is 0 Å². The third-order valence-electron chi connectivity index (χ3n) is 4.64. The Kier molecular flexibility index (Phi) is 3.39. The average molecular weight is 290 g/mol. The molecule has 0 aromatic heterocycles. The lowest BCUT2D eigenvalue weighted by Crippen LogP contribution is -2.45.